The highest BCUT2D eigenvalue weighted by molar-refractivity contribution is 7.89. The van der Waals surface area contributed by atoms with E-state index in [1.807, 2.05) is 0 Å². The molecule has 1 N–H and O–H groups in total. The van der Waals surface area contributed by atoms with Gasteiger partial charge in [0, 0.05) is 7.05 Å². The molecule has 0 fully saturated rings. The topological polar surface area (TPSA) is 92.8 Å². The highest BCUT2D eigenvalue weighted by atomic mass is 35.5. The number of hydrogen-bond donors (Lipinski definition) is 1. The average molecular weight is 397 g/mol. The van der Waals surface area contributed by atoms with Gasteiger partial charge in [-0.3, -0.25) is 4.79 Å². The summed E-state index contributed by atoms with van der Waals surface area (Å²) in [5, 5.41) is 2.71. The highest BCUT2D eigenvalue weighted by Gasteiger charge is 2.23. The second-order valence-corrected chi connectivity index (χ2v) is 7.76. The van der Waals surface area contributed by atoms with Crippen LogP contribution < -0.4 is 5.32 Å². The average Bonchev–Trinajstić information content (AvgIpc) is 2.63. The molecule has 0 aliphatic heterocycles. The third-order valence-corrected chi connectivity index (χ3v) is 5.63. The summed E-state index contributed by atoms with van der Waals surface area (Å²) in [5.41, 5.74) is 0.391. The van der Waals surface area contributed by atoms with Crippen LogP contribution in [0.2, 0.25) is 5.02 Å². The molecule has 0 saturated carbocycles. The van der Waals surface area contributed by atoms with E-state index in [1.165, 1.54) is 44.5 Å². The van der Waals surface area contributed by atoms with Crippen molar-refractivity contribution in [2.45, 2.75) is 4.90 Å². The van der Waals surface area contributed by atoms with Gasteiger partial charge in [0.05, 0.1) is 34.8 Å². The number of benzene rings is 2. The first-order valence-corrected chi connectivity index (χ1v) is 9.26. The van der Waals surface area contributed by atoms with Gasteiger partial charge in [0.15, 0.2) is 0 Å². The largest absolute Gasteiger partial charge is 0.465 e. The first-order valence-electron chi connectivity index (χ1n) is 7.45. The van der Waals surface area contributed by atoms with Crippen molar-refractivity contribution in [3.8, 4) is 0 Å². The molecular weight excluding hydrogens is 380 g/mol. The standard InChI is InChI=1S/C17H17ClN2O5S/c1-20(26(23,24)13-6-4-3-5-7-13)11-16(21)19-15-10-12(17(22)25-2)8-9-14(15)18/h3-10H,11H2,1-2H3,(H,19,21). The van der Waals surface area contributed by atoms with Gasteiger partial charge in [0.2, 0.25) is 15.9 Å². The van der Waals surface area contributed by atoms with Crippen LogP contribution in [0.25, 0.3) is 0 Å². The number of carbonyl (C=O) groups excluding carboxylic acids is 2. The summed E-state index contributed by atoms with van der Waals surface area (Å²) in [6.45, 7) is -0.421. The van der Waals surface area contributed by atoms with Crippen LogP contribution in [0.15, 0.2) is 53.4 Å². The van der Waals surface area contributed by atoms with Crippen LogP contribution in [0, 0.1) is 0 Å². The second-order valence-electron chi connectivity index (χ2n) is 5.31. The number of ether oxygens (including phenoxy) is 1. The zero-order valence-electron chi connectivity index (χ0n) is 14.1. The van der Waals surface area contributed by atoms with Gasteiger partial charge >= 0.3 is 5.97 Å². The molecule has 0 saturated heterocycles. The summed E-state index contributed by atoms with van der Waals surface area (Å²) in [7, 11) is -1.26. The smallest absolute Gasteiger partial charge is 0.337 e. The molecule has 0 bridgehead atoms. The van der Waals surface area contributed by atoms with Crippen LogP contribution in [0.1, 0.15) is 10.4 Å². The Labute approximate surface area is 156 Å². The number of anilines is 1. The lowest BCUT2D eigenvalue weighted by molar-refractivity contribution is -0.116. The lowest BCUT2D eigenvalue weighted by atomic mass is 10.2. The summed E-state index contributed by atoms with van der Waals surface area (Å²) in [5.74, 6) is -1.18. The number of esters is 1. The maximum Gasteiger partial charge on any atom is 0.337 e. The summed E-state index contributed by atoms with van der Waals surface area (Å²) in [4.78, 5) is 23.9. The van der Waals surface area contributed by atoms with Gasteiger partial charge in [0.1, 0.15) is 0 Å². The fourth-order valence-corrected chi connectivity index (χ4v) is 3.43. The van der Waals surface area contributed by atoms with Crippen LogP contribution in [-0.4, -0.2) is 45.3 Å². The Morgan fingerprint density at radius 2 is 1.81 bits per heavy atom. The van der Waals surface area contributed by atoms with Crippen molar-refractivity contribution in [3.05, 3.63) is 59.1 Å². The number of methoxy groups -OCH3 is 1. The van der Waals surface area contributed by atoms with E-state index in [-0.39, 0.29) is 21.2 Å². The number of halogens is 1. The molecule has 2 rings (SSSR count). The summed E-state index contributed by atoms with van der Waals surface area (Å²) < 4.78 is 30.4. The molecule has 0 unspecified atom stereocenters. The van der Waals surface area contributed by atoms with Crippen molar-refractivity contribution in [1.82, 2.24) is 4.31 Å². The number of sulfonamides is 1. The predicted molar refractivity (Wildman–Crippen MR) is 97.7 cm³/mol. The number of amides is 1. The zero-order chi connectivity index (χ0) is 19.3. The molecule has 0 heterocycles. The van der Waals surface area contributed by atoms with Gasteiger partial charge in [-0.2, -0.15) is 4.31 Å². The summed E-state index contributed by atoms with van der Waals surface area (Å²) >= 11 is 6.01. The Bertz CT molecular complexity index is 916. The van der Waals surface area contributed by atoms with Crippen molar-refractivity contribution in [2.75, 3.05) is 26.0 Å². The van der Waals surface area contributed by atoms with E-state index in [1.54, 1.807) is 18.2 Å². The molecule has 2 aromatic carbocycles. The molecule has 0 aromatic heterocycles. The quantitative estimate of drug-likeness (QED) is 0.757. The number of likely N-dealkylation sites (N-methyl/N-ethyl adjacent to an activating group) is 1. The molecule has 138 valence electrons. The van der Waals surface area contributed by atoms with Crippen LogP contribution in [-0.2, 0) is 19.6 Å². The van der Waals surface area contributed by atoms with Crippen LogP contribution >= 0.6 is 11.6 Å². The van der Waals surface area contributed by atoms with Crippen molar-refractivity contribution < 1.29 is 22.7 Å². The van der Waals surface area contributed by atoms with Gasteiger partial charge < -0.3 is 10.1 Å². The fourth-order valence-electron chi connectivity index (χ4n) is 2.12. The molecular formula is C17H17ClN2O5S. The maximum absolute atomic E-state index is 12.4. The molecule has 0 atom stereocenters. The highest BCUT2D eigenvalue weighted by Crippen LogP contribution is 2.23. The normalized spacial score (nSPS) is 11.2. The predicted octanol–water partition coefficient (Wildman–Crippen LogP) is 2.39. The number of nitrogens with one attached hydrogen (secondary N) is 1. The Morgan fingerprint density at radius 3 is 2.42 bits per heavy atom. The fraction of sp³-hybridized carbons (Fsp3) is 0.176. The van der Waals surface area contributed by atoms with E-state index in [0.717, 1.165) is 4.31 Å². The number of rotatable bonds is 6. The molecule has 2 aromatic rings. The monoisotopic (exact) mass is 396 g/mol. The number of nitrogens with zero attached hydrogens (tertiary/aromatic N) is 1. The van der Waals surface area contributed by atoms with Gasteiger partial charge in [-0.15, -0.1) is 0 Å². The first-order chi connectivity index (χ1) is 12.3. The van der Waals surface area contributed by atoms with Crippen LogP contribution in [0.4, 0.5) is 5.69 Å². The Morgan fingerprint density at radius 1 is 1.15 bits per heavy atom. The molecule has 1 amide bonds. The lowest BCUT2D eigenvalue weighted by Crippen LogP contribution is -2.35. The van der Waals surface area contributed by atoms with Gasteiger partial charge in [-0.25, -0.2) is 13.2 Å². The zero-order valence-corrected chi connectivity index (χ0v) is 15.7. The van der Waals surface area contributed by atoms with Crippen molar-refractivity contribution in [1.29, 1.82) is 0 Å². The summed E-state index contributed by atoms with van der Waals surface area (Å²) in [6.07, 6.45) is 0. The summed E-state index contributed by atoms with van der Waals surface area (Å²) in [6, 6.07) is 12.0. The minimum atomic E-state index is -3.80. The minimum absolute atomic E-state index is 0.0843. The number of carbonyl (C=O) groups is 2. The number of hydrogen-bond acceptors (Lipinski definition) is 5. The molecule has 9 heteroatoms. The van der Waals surface area contributed by atoms with Crippen molar-refractivity contribution in [3.63, 3.8) is 0 Å². The SMILES string of the molecule is COC(=O)c1ccc(Cl)c(NC(=O)CN(C)S(=O)(=O)c2ccccc2)c1. The Kier molecular flexibility index (Phi) is 6.36. The van der Waals surface area contributed by atoms with Crippen molar-refractivity contribution >= 4 is 39.2 Å². The Hall–Kier alpha value is -2.42. The molecule has 0 aliphatic rings. The maximum atomic E-state index is 12.4. The minimum Gasteiger partial charge on any atom is -0.465 e. The Balaban J connectivity index is 2.13. The van der Waals surface area contributed by atoms with E-state index in [9.17, 15) is 18.0 Å². The third-order valence-electron chi connectivity index (χ3n) is 3.48. The molecule has 26 heavy (non-hydrogen) atoms. The van der Waals surface area contributed by atoms with E-state index in [4.69, 9.17) is 11.6 Å². The van der Waals surface area contributed by atoms with E-state index < -0.39 is 28.4 Å². The lowest BCUT2D eigenvalue weighted by Gasteiger charge is -2.17. The third kappa shape index (κ3) is 4.60. The molecule has 7 nitrogen and oxygen atoms in total. The van der Waals surface area contributed by atoms with Crippen LogP contribution in [0.3, 0.4) is 0 Å². The first kappa shape index (κ1) is 19.9. The van der Waals surface area contributed by atoms with Gasteiger partial charge in [-0.1, -0.05) is 29.8 Å². The molecule has 0 aliphatic carbocycles. The van der Waals surface area contributed by atoms with E-state index in [2.05, 4.69) is 10.1 Å². The van der Waals surface area contributed by atoms with Gasteiger partial charge in [-0.05, 0) is 30.3 Å². The second kappa shape index (κ2) is 8.31. The van der Waals surface area contributed by atoms with E-state index in [0.29, 0.717) is 0 Å². The molecule has 0 radical (unpaired) electrons. The van der Waals surface area contributed by atoms with Crippen LogP contribution in [0.5, 0.6) is 0 Å². The van der Waals surface area contributed by atoms with Crippen molar-refractivity contribution in [2.24, 2.45) is 0 Å². The van der Waals surface area contributed by atoms with Gasteiger partial charge in [0.25, 0.3) is 0 Å². The molecule has 0 spiro atoms. The van der Waals surface area contributed by atoms with E-state index >= 15 is 0 Å².